The number of nitrogens with zero attached hydrogens (tertiary/aromatic N) is 7. The predicted octanol–water partition coefficient (Wildman–Crippen LogP) is 2.42. The van der Waals surface area contributed by atoms with Crippen LogP contribution in [0.25, 0.3) is 5.69 Å². The van der Waals surface area contributed by atoms with E-state index >= 15 is 0 Å². The first kappa shape index (κ1) is 18.0. The van der Waals surface area contributed by atoms with E-state index in [0.29, 0.717) is 29.1 Å². The van der Waals surface area contributed by atoms with Gasteiger partial charge in [-0.25, -0.2) is 0 Å². The van der Waals surface area contributed by atoms with Gasteiger partial charge in [0, 0.05) is 19.5 Å². The van der Waals surface area contributed by atoms with Crippen molar-refractivity contribution in [1.82, 2.24) is 34.3 Å². The monoisotopic (exact) mass is 376 g/mol. The van der Waals surface area contributed by atoms with Crippen molar-refractivity contribution in [3.05, 3.63) is 44.0 Å². The fourth-order valence-electron chi connectivity index (χ4n) is 3.10. The molecule has 0 amide bonds. The van der Waals surface area contributed by atoms with Gasteiger partial charge in [-0.2, -0.15) is 15.3 Å². The molecule has 0 aliphatic heterocycles. The van der Waals surface area contributed by atoms with E-state index in [4.69, 9.17) is 12.2 Å². The first-order chi connectivity index (χ1) is 12.3. The lowest BCUT2D eigenvalue weighted by atomic mass is 10.3. The Morgan fingerprint density at radius 3 is 2.58 bits per heavy atom. The topological polar surface area (TPSA) is 112 Å². The van der Waals surface area contributed by atoms with E-state index in [0.717, 1.165) is 23.8 Å². The summed E-state index contributed by atoms with van der Waals surface area (Å²) in [4.78, 5) is 10.8. The molecular formula is C15H20N8O2S. The molecule has 0 atom stereocenters. The van der Waals surface area contributed by atoms with Gasteiger partial charge < -0.3 is 0 Å². The first-order valence-corrected chi connectivity index (χ1v) is 8.63. The number of nitro groups is 1. The van der Waals surface area contributed by atoms with Crippen LogP contribution in [0.2, 0.25) is 0 Å². The average molecular weight is 376 g/mol. The summed E-state index contributed by atoms with van der Waals surface area (Å²) < 4.78 is 5.86. The highest BCUT2D eigenvalue weighted by atomic mass is 32.1. The lowest BCUT2D eigenvalue weighted by molar-refractivity contribution is -0.386. The van der Waals surface area contributed by atoms with Crippen molar-refractivity contribution in [3.8, 4) is 5.69 Å². The van der Waals surface area contributed by atoms with Crippen LogP contribution < -0.4 is 0 Å². The number of hydrogen-bond acceptors (Lipinski definition) is 6. The number of aryl methyl sites for hydroxylation is 4. The zero-order valence-corrected chi connectivity index (χ0v) is 15.9. The fourth-order valence-corrected chi connectivity index (χ4v) is 3.35. The number of aromatic nitrogens is 7. The molecule has 26 heavy (non-hydrogen) atoms. The number of aromatic amines is 1. The Morgan fingerprint density at radius 2 is 2.00 bits per heavy atom. The maximum atomic E-state index is 11.1. The summed E-state index contributed by atoms with van der Waals surface area (Å²) in [6, 6.07) is 0. The molecule has 0 fully saturated rings. The minimum atomic E-state index is -0.396. The minimum Gasteiger partial charge on any atom is -0.269 e. The molecule has 3 heterocycles. The largest absolute Gasteiger partial charge is 0.312 e. The van der Waals surface area contributed by atoms with Gasteiger partial charge in [0.15, 0.2) is 4.77 Å². The van der Waals surface area contributed by atoms with E-state index < -0.39 is 4.92 Å². The Balaban J connectivity index is 1.91. The standard InChI is InChI=1S/C15H20N8O2S/c1-5-20-10(3)12(8-16-20)22-13(17-18-15(22)26)6-7-21-11(4)14(23(24)25)9(2)19-21/h8H,5-7H2,1-4H3,(H,18,26). The Labute approximate surface area is 154 Å². The van der Waals surface area contributed by atoms with E-state index in [2.05, 4.69) is 20.4 Å². The molecule has 10 nitrogen and oxygen atoms in total. The molecule has 0 aliphatic carbocycles. The van der Waals surface area contributed by atoms with Gasteiger partial charge in [-0.05, 0) is 39.9 Å². The summed E-state index contributed by atoms with van der Waals surface area (Å²) in [5.41, 5.74) is 2.87. The quantitative estimate of drug-likeness (QED) is 0.402. The molecule has 3 aromatic rings. The summed E-state index contributed by atoms with van der Waals surface area (Å²) in [7, 11) is 0. The van der Waals surface area contributed by atoms with Crippen molar-refractivity contribution in [3.63, 3.8) is 0 Å². The average Bonchev–Trinajstić information content (AvgIpc) is 3.21. The molecule has 0 unspecified atom stereocenters. The smallest absolute Gasteiger partial charge is 0.269 e. The Morgan fingerprint density at radius 1 is 1.27 bits per heavy atom. The minimum absolute atomic E-state index is 0.0592. The van der Waals surface area contributed by atoms with Gasteiger partial charge in [0.25, 0.3) is 0 Å². The summed E-state index contributed by atoms with van der Waals surface area (Å²) in [5.74, 6) is 0.726. The third-order valence-corrected chi connectivity index (χ3v) is 4.71. The summed E-state index contributed by atoms with van der Waals surface area (Å²) in [5, 5.41) is 26.9. The van der Waals surface area contributed by atoms with Crippen LogP contribution in [0, 0.1) is 35.7 Å². The van der Waals surface area contributed by atoms with E-state index in [1.165, 1.54) is 0 Å². The molecule has 0 bridgehead atoms. The maximum absolute atomic E-state index is 11.1. The normalized spacial score (nSPS) is 11.2. The fraction of sp³-hybridized carbons (Fsp3) is 0.467. The third-order valence-electron chi connectivity index (χ3n) is 4.43. The molecular weight excluding hydrogens is 356 g/mol. The molecule has 138 valence electrons. The molecule has 1 N–H and O–H groups in total. The Bertz CT molecular complexity index is 1030. The Kier molecular flexibility index (Phi) is 4.72. The zero-order chi connectivity index (χ0) is 19.0. The van der Waals surface area contributed by atoms with Gasteiger partial charge in [-0.1, -0.05) is 0 Å². The van der Waals surface area contributed by atoms with Crippen LogP contribution in [0.5, 0.6) is 0 Å². The highest BCUT2D eigenvalue weighted by molar-refractivity contribution is 7.71. The van der Waals surface area contributed by atoms with Crippen LogP contribution in [0.4, 0.5) is 5.69 Å². The van der Waals surface area contributed by atoms with Crippen molar-refractivity contribution in [1.29, 1.82) is 0 Å². The number of hydrogen-bond donors (Lipinski definition) is 1. The zero-order valence-electron chi connectivity index (χ0n) is 15.1. The van der Waals surface area contributed by atoms with Crippen molar-refractivity contribution in [2.24, 2.45) is 0 Å². The lowest BCUT2D eigenvalue weighted by Gasteiger charge is -2.07. The highest BCUT2D eigenvalue weighted by Crippen LogP contribution is 2.22. The Hall–Kier alpha value is -2.82. The highest BCUT2D eigenvalue weighted by Gasteiger charge is 2.22. The van der Waals surface area contributed by atoms with Crippen molar-refractivity contribution in [2.75, 3.05) is 0 Å². The van der Waals surface area contributed by atoms with Crippen LogP contribution in [0.1, 0.15) is 29.8 Å². The second-order valence-corrected chi connectivity index (χ2v) is 6.35. The van der Waals surface area contributed by atoms with Crippen LogP contribution in [0.15, 0.2) is 6.20 Å². The van der Waals surface area contributed by atoms with E-state index in [-0.39, 0.29) is 5.69 Å². The maximum Gasteiger partial charge on any atom is 0.312 e. The van der Waals surface area contributed by atoms with Gasteiger partial charge in [0.05, 0.1) is 22.5 Å². The summed E-state index contributed by atoms with van der Waals surface area (Å²) >= 11 is 5.37. The van der Waals surface area contributed by atoms with Crippen LogP contribution in [-0.2, 0) is 19.5 Å². The number of rotatable bonds is 6. The predicted molar refractivity (Wildman–Crippen MR) is 97.0 cm³/mol. The van der Waals surface area contributed by atoms with Gasteiger partial charge in [-0.15, -0.1) is 0 Å². The van der Waals surface area contributed by atoms with Crippen molar-refractivity contribution < 1.29 is 4.92 Å². The van der Waals surface area contributed by atoms with E-state index in [9.17, 15) is 10.1 Å². The summed E-state index contributed by atoms with van der Waals surface area (Å²) in [6.45, 7) is 8.57. The molecule has 3 aromatic heterocycles. The molecule has 0 aromatic carbocycles. The van der Waals surface area contributed by atoms with Gasteiger partial charge in [-0.3, -0.25) is 29.1 Å². The number of H-pyrrole nitrogens is 1. The molecule has 0 saturated carbocycles. The molecule has 3 rings (SSSR count). The molecule has 0 aliphatic rings. The van der Waals surface area contributed by atoms with Crippen LogP contribution in [-0.4, -0.2) is 39.2 Å². The second-order valence-electron chi connectivity index (χ2n) is 5.96. The molecule has 0 saturated heterocycles. The van der Waals surface area contributed by atoms with Gasteiger partial charge in [0.1, 0.15) is 17.2 Å². The van der Waals surface area contributed by atoms with Gasteiger partial charge in [0.2, 0.25) is 0 Å². The SMILES string of the molecule is CCn1ncc(-n2c(CCn3nc(C)c([N+](=O)[O-])c3C)n[nH]c2=S)c1C. The molecule has 11 heteroatoms. The third kappa shape index (κ3) is 2.94. The van der Waals surface area contributed by atoms with Crippen LogP contribution in [0.3, 0.4) is 0 Å². The molecule has 0 radical (unpaired) electrons. The first-order valence-electron chi connectivity index (χ1n) is 8.22. The lowest BCUT2D eigenvalue weighted by Crippen LogP contribution is -2.10. The second kappa shape index (κ2) is 6.83. The van der Waals surface area contributed by atoms with E-state index in [1.54, 1.807) is 24.7 Å². The van der Waals surface area contributed by atoms with E-state index in [1.807, 2.05) is 23.1 Å². The van der Waals surface area contributed by atoms with Crippen LogP contribution >= 0.6 is 12.2 Å². The number of nitrogens with one attached hydrogen (secondary N) is 1. The summed E-state index contributed by atoms with van der Waals surface area (Å²) in [6.07, 6.45) is 2.28. The van der Waals surface area contributed by atoms with Gasteiger partial charge >= 0.3 is 5.69 Å². The van der Waals surface area contributed by atoms with Crippen molar-refractivity contribution >= 4 is 17.9 Å². The van der Waals surface area contributed by atoms with Crippen molar-refractivity contribution in [2.45, 2.75) is 47.2 Å². The molecule has 0 spiro atoms.